The first-order valence-corrected chi connectivity index (χ1v) is 11.1. The summed E-state index contributed by atoms with van der Waals surface area (Å²) >= 11 is 17.7. The van der Waals surface area contributed by atoms with E-state index >= 15 is 0 Å². The number of halogens is 3. The minimum Gasteiger partial charge on any atom is -0.486 e. The molecule has 2 bridgehead atoms. The summed E-state index contributed by atoms with van der Waals surface area (Å²) in [5.74, 6) is 0.427. The second-order valence-electron chi connectivity index (χ2n) is 8.56. The first-order chi connectivity index (χ1) is 14.8. The Labute approximate surface area is 196 Å². The predicted octanol–water partition coefficient (Wildman–Crippen LogP) is 5.24. The number of amides is 1. The van der Waals surface area contributed by atoms with Gasteiger partial charge in [-0.25, -0.2) is 0 Å². The number of benzene rings is 2. The van der Waals surface area contributed by atoms with E-state index in [1.54, 1.807) is 30.3 Å². The summed E-state index contributed by atoms with van der Waals surface area (Å²) in [5.41, 5.74) is 0.782. The van der Waals surface area contributed by atoms with Crippen molar-refractivity contribution in [3.8, 4) is 5.75 Å². The van der Waals surface area contributed by atoms with Crippen LogP contribution in [0.5, 0.6) is 5.75 Å². The van der Waals surface area contributed by atoms with Crippen LogP contribution in [0.2, 0.25) is 15.1 Å². The molecule has 2 aromatic carbocycles. The van der Waals surface area contributed by atoms with Crippen LogP contribution in [0.25, 0.3) is 0 Å². The van der Waals surface area contributed by atoms with Gasteiger partial charge in [0, 0.05) is 23.0 Å². The number of ketones is 1. The van der Waals surface area contributed by atoms with Gasteiger partial charge >= 0.3 is 0 Å². The number of nitrogens with one attached hydrogen (secondary N) is 1. The third kappa shape index (κ3) is 5.35. The summed E-state index contributed by atoms with van der Waals surface area (Å²) in [7, 11) is 0. The van der Waals surface area contributed by atoms with E-state index in [0.29, 0.717) is 33.8 Å². The first kappa shape index (κ1) is 22.4. The molecular weight excluding hydrogens is 461 g/mol. The number of carbonyl (C=O) groups excluding carboxylic acids is 2. The fraction of sp³-hybridized carbons (Fsp3) is 0.391. The molecule has 31 heavy (non-hydrogen) atoms. The largest absolute Gasteiger partial charge is 0.486 e. The molecule has 0 heterocycles. The van der Waals surface area contributed by atoms with Gasteiger partial charge in [-0.3, -0.25) is 9.59 Å². The molecule has 0 radical (unpaired) electrons. The summed E-state index contributed by atoms with van der Waals surface area (Å²) in [4.78, 5) is 24.5. The molecule has 3 aliphatic rings. The highest BCUT2D eigenvalue weighted by atomic mass is 35.5. The van der Waals surface area contributed by atoms with Crippen molar-refractivity contribution in [1.29, 1.82) is 0 Å². The van der Waals surface area contributed by atoms with Gasteiger partial charge in [0.2, 0.25) is 5.91 Å². The molecule has 5 nitrogen and oxygen atoms in total. The maximum absolute atomic E-state index is 12.3. The van der Waals surface area contributed by atoms with Gasteiger partial charge < -0.3 is 14.8 Å². The van der Waals surface area contributed by atoms with Crippen LogP contribution < -0.4 is 10.1 Å². The third-order valence-electron chi connectivity index (χ3n) is 5.82. The number of hydrogen-bond acceptors (Lipinski definition) is 4. The topological polar surface area (TPSA) is 64.6 Å². The highest BCUT2D eigenvalue weighted by molar-refractivity contribution is 6.42. The van der Waals surface area contributed by atoms with E-state index in [9.17, 15) is 9.59 Å². The summed E-state index contributed by atoms with van der Waals surface area (Å²) in [6, 6.07) is 12.2. The standard InChI is InChI=1S/C23H22Cl3NO4/c24-16-3-1-15(2-4-16)9-30-11-21(29)27-23-12-22(13-23,14-23)8-17(28)10-31-18-5-6-19(25)20(26)7-18/h1-7H,8-14H2,(H,27,29). The monoisotopic (exact) mass is 481 g/mol. The number of Topliss-reactive ketones (excluding diaryl/α,β-unsaturated/α-hetero) is 1. The van der Waals surface area contributed by atoms with Gasteiger partial charge in [-0.1, -0.05) is 46.9 Å². The number of rotatable bonds is 10. The van der Waals surface area contributed by atoms with Gasteiger partial charge in [-0.2, -0.15) is 0 Å². The molecule has 0 atom stereocenters. The average molecular weight is 483 g/mol. The first-order valence-electron chi connectivity index (χ1n) is 9.99. The summed E-state index contributed by atoms with van der Waals surface area (Å²) in [5, 5.41) is 4.56. The highest BCUT2D eigenvalue weighted by Crippen LogP contribution is 2.68. The van der Waals surface area contributed by atoms with Crippen molar-refractivity contribution in [2.45, 2.75) is 37.8 Å². The van der Waals surface area contributed by atoms with Crippen molar-refractivity contribution in [3.05, 3.63) is 63.1 Å². The molecule has 3 saturated carbocycles. The van der Waals surface area contributed by atoms with Crippen LogP contribution in [0, 0.1) is 5.41 Å². The van der Waals surface area contributed by atoms with Crippen molar-refractivity contribution < 1.29 is 19.1 Å². The Bertz CT molecular complexity index is 973. The van der Waals surface area contributed by atoms with E-state index in [0.717, 1.165) is 24.8 Å². The van der Waals surface area contributed by atoms with E-state index < -0.39 is 0 Å². The summed E-state index contributed by atoms with van der Waals surface area (Å²) < 4.78 is 11.0. The lowest BCUT2D eigenvalue weighted by Crippen LogP contribution is -2.75. The van der Waals surface area contributed by atoms with Gasteiger partial charge in [0.1, 0.15) is 19.0 Å². The van der Waals surface area contributed by atoms with Crippen LogP contribution in [0.15, 0.2) is 42.5 Å². The maximum atomic E-state index is 12.3. The van der Waals surface area contributed by atoms with E-state index in [1.807, 2.05) is 12.1 Å². The van der Waals surface area contributed by atoms with Crippen molar-refractivity contribution >= 4 is 46.5 Å². The Morgan fingerprint density at radius 3 is 2.32 bits per heavy atom. The van der Waals surface area contributed by atoms with Gasteiger partial charge in [-0.15, -0.1) is 0 Å². The van der Waals surface area contributed by atoms with Gasteiger partial charge in [-0.05, 0) is 54.5 Å². The fourth-order valence-electron chi connectivity index (χ4n) is 4.69. The van der Waals surface area contributed by atoms with Gasteiger partial charge in [0.05, 0.1) is 16.7 Å². The van der Waals surface area contributed by atoms with E-state index in [4.69, 9.17) is 44.3 Å². The van der Waals surface area contributed by atoms with E-state index in [-0.39, 0.29) is 35.9 Å². The third-order valence-corrected chi connectivity index (χ3v) is 6.81. The normalized spacial score (nSPS) is 23.5. The molecule has 0 aromatic heterocycles. The van der Waals surface area contributed by atoms with Crippen LogP contribution in [0.3, 0.4) is 0 Å². The van der Waals surface area contributed by atoms with Crippen LogP contribution in [0.4, 0.5) is 0 Å². The Balaban J connectivity index is 1.14. The molecule has 5 rings (SSSR count). The molecule has 1 amide bonds. The average Bonchev–Trinajstić information content (AvgIpc) is 2.68. The smallest absolute Gasteiger partial charge is 0.246 e. The Kier molecular flexibility index (Phi) is 6.50. The number of hydrogen-bond donors (Lipinski definition) is 1. The van der Waals surface area contributed by atoms with E-state index in [2.05, 4.69) is 5.32 Å². The van der Waals surface area contributed by atoms with Crippen molar-refractivity contribution in [2.75, 3.05) is 13.2 Å². The molecule has 0 spiro atoms. The molecule has 0 saturated heterocycles. The number of carbonyl (C=O) groups is 2. The molecule has 1 N–H and O–H groups in total. The number of ether oxygens (including phenoxy) is 2. The van der Waals surface area contributed by atoms with Crippen molar-refractivity contribution in [2.24, 2.45) is 5.41 Å². The second kappa shape index (κ2) is 8.99. The maximum Gasteiger partial charge on any atom is 0.246 e. The lowest BCUT2D eigenvalue weighted by Gasteiger charge is -2.70. The molecule has 8 heteroatoms. The quantitative estimate of drug-likeness (QED) is 0.503. The molecule has 164 valence electrons. The molecule has 3 fully saturated rings. The Morgan fingerprint density at radius 1 is 0.935 bits per heavy atom. The SMILES string of the molecule is O=C(COc1ccc(Cl)c(Cl)c1)CC12CC(NC(=O)COCc3ccc(Cl)cc3)(C1)C2. The molecule has 0 unspecified atom stereocenters. The Hall–Kier alpha value is -1.79. The van der Waals surface area contributed by atoms with Crippen molar-refractivity contribution in [1.82, 2.24) is 5.32 Å². The minimum absolute atomic E-state index is 0.00237. The molecular formula is C23H22Cl3NO4. The van der Waals surface area contributed by atoms with Crippen LogP contribution in [0.1, 0.15) is 31.2 Å². The fourth-order valence-corrected chi connectivity index (χ4v) is 5.11. The second-order valence-corrected chi connectivity index (χ2v) is 9.81. The van der Waals surface area contributed by atoms with Gasteiger partial charge in [0.25, 0.3) is 0 Å². The van der Waals surface area contributed by atoms with Crippen LogP contribution >= 0.6 is 34.8 Å². The van der Waals surface area contributed by atoms with Crippen LogP contribution in [-0.4, -0.2) is 30.4 Å². The minimum atomic E-state index is -0.175. The van der Waals surface area contributed by atoms with Crippen molar-refractivity contribution in [3.63, 3.8) is 0 Å². The zero-order valence-electron chi connectivity index (χ0n) is 16.8. The zero-order valence-corrected chi connectivity index (χ0v) is 19.0. The highest BCUT2D eigenvalue weighted by Gasteiger charge is 2.68. The van der Waals surface area contributed by atoms with E-state index in [1.165, 1.54) is 0 Å². The van der Waals surface area contributed by atoms with Crippen LogP contribution in [-0.2, 0) is 20.9 Å². The lowest BCUT2D eigenvalue weighted by molar-refractivity contribution is -0.174. The zero-order chi connectivity index (χ0) is 22.1. The summed E-state index contributed by atoms with van der Waals surface area (Å²) in [6.07, 6.45) is 2.92. The van der Waals surface area contributed by atoms with Gasteiger partial charge in [0.15, 0.2) is 5.78 Å². The molecule has 3 aliphatic carbocycles. The molecule has 0 aliphatic heterocycles. The summed E-state index contributed by atoms with van der Waals surface area (Å²) in [6.45, 7) is 0.361. The molecule has 2 aromatic rings. The lowest BCUT2D eigenvalue weighted by atomic mass is 9.38. The predicted molar refractivity (Wildman–Crippen MR) is 120 cm³/mol. The Morgan fingerprint density at radius 2 is 1.65 bits per heavy atom.